The number of rotatable bonds is 1. The molecule has 0 bridgehead atoms. The first-order chi connectivity index (χ1) is 9.63. The molecule has 1 amide bonds. The van der Waals surface area contributed by atoms with Gasteiger partial charge < -0.3 is 10.1 Å². The van der Waals surface area contributed by atoms with Crippen LogP contribution in [0.15, 0.2) is 48.7 Å². The minimum atomic E-state index is -0.521. The van der Waals surface area contributed by atoms with E-state index in [-0.39, 0.29) is 17.1 Å². The van der Waals surface area contributed by atoms with Gasteiger partial charge in [-0.05, 0) is 42.5 Å². The fourth-order valence-corrected chi connectivity index (χ4v) is 1.89. The van der Waals surface area contributed by atoms with Crippen molar-refractivity contribution in [2.45, 2.75) is 0 Å². The molecule has 20 heavy (non-hydrogen) atoms. The average Bonchev–Trinajstić information content (AvgIpc) is 2.60. The van der Waals surface area contributed by atoms with E-state index in [1.807, 2.05) is 0 Å². The number of benzene rings is 2. The van der Waals surface area contributed by atoms with Crippen LogP contribution >= 0.6 is 0 Å². The Morgan fingerprint density at radius 1 is 0.950 bits per heavy atom. The molecule has 0 aliphatic carbocycles. The lowest BCUT2D eigenvalue weighted by Crippen LogP contribution is -2.20. The standard InChI is InChI=1S/C15H9F2NO2/c16-10-3-1-9(2-4-10)13-8-20-14-6-5-11(17)7-12(14)15(19)18-13/h1-8H,(H,18,19). The molecule has 100 valence electrons. The van der Waals surface area contributed by atoms with Crippen LogP contribution in [0.1, 0.15) is 15.9 Å². The topological polar surface area (TPSA) is 38.3 Å². The van der Waals surface area contributed by atoms with Crippen LogP contribution in [-0.2, 0) is 0 Å². The van der Waals surface area contributed by atoms with E-state index >= 15 is 0 Å². The first-order valence-electron chi connectivity index (χ1n) is 5.87. The molecule has 0 radical (unpaired) electrons. The van der Waals surface area contributed by atoms with Crippen LogP contribution in [0.2, 0.25) is 0 Å². The Labute approximate surface area is 113 Å². The van der Waals surface area contributed by atoms with Crippen molar-refractivity contribution in [2.75, 3.05) is 0 Å². The van der Waals surface area contributed by atoms with E-state index in [9.17, 15) is 13.6 Å². The highest BCUT2D eigenvalue weighted by Crippen LogP contribution is 2.25. The maximum atomic E-state index is 13.2. The van der Waals surface area contributed by atoms with Crippen molar-refractivity contribution in [1.29, 1.82) is 0 Å². The Morgan fingerprint density at radius 2 is 1.65 bits per heavy atom. The van der Waals surface area contributed by atoms with Crippen molar-refractivity contribution in [3.63, 3.8) is 0 Å². The normalized spacial score (nSPS) is 13.7. The zero-order chi connectivity index (χ0) is 14.1. The van der Waals surface area contributed by atoms with Crippen molar-refractivity contribution in [3.8, 4) is 5.75 Å². The van der Waals surface area contributed by atoms with E-state index in [1.165, 1.54) is 42.7 Å². The number of hydrogen-bond donors (Lipinski definition) is 1. The minimum Gasteiger partial charge on any atom is -0.462 e. The summed E-state index contributed by atoms with van der Waals surface area (Å²) in [7, 11) is 0. The summed E-state index contributed by atoms with van der Waals surface area (Å²) in [5.41, 5.74) is 1.08. The highest BCUT2D eigenvalue weighted by Gasteiger charge is 2.19. The van der Waals surface area contributed by atoms with Gasteiger partial charge in [0.05, 0.1) is 11.3 Å². The lowest BCUT2D eigenvalue weighted by Gasteiger charge is -2.06. The molecule has 3 nitrogen and oxygen atoms in total. The molecule has 1 aliphatic rings. The van der Waals surface area contributed by atoms with Crippen LogP contribution in [-0.4, -0.2) is 5.91 Å². The Kier molecular flexibility index (Phi) is 2.95. The molecule has 2 aromatic rings. The second-order valence-electron chi connectivity index (χ2n) is 4.25. The van der Waals surface area contributed by atoms with Crippen molar-refractivity contribution in [2.24, 2.45) is 0 Å². The van der Waals surface area contributed by atoms with E-state index in [4.69, 9.17) is 4.74 Å². The van der Waals surface area contributed by atoms with Gasteiger partial charge >= 0.3 is 0 Å². The Morgan fingerprint density at radius 3 is 2.40 bits per heavy atom. The number of halogens is 2. The number of ether oxygens (including phenoxy) is 1. The quantitative estimate of drug-likeness (QED) is 0.867. The van der Waals surface area contributed by atoms with Crippen molar-refractivity contribution in [3.05, 3.63) is 71.5 Å². The zero-order valence-electron chi connectivity index (χ0n) is 10.2. The first kappa shape index (κ1) is 12.3. The maximum Gasteiger partial charge on any atom is 0.259 e. The van der Waals surface area contributed by atoms with Gasteiger partial charge in [-0.3, -0.25) is 4.79 Å². The van der Waals surface area contributed by atoms with E-state index < -0.39 is 11.7 Å². The van der Waals surface area contributed by atoms with Crippen LogP contribution in [0.4, 0.5) is 8.78 Å². The number of hydrogen-bond acceptors (Lipinski definition) is 2. The molecule has 0 saturated carbocycles. The molecule has 1 N–H and O–H groups in total. The largest absolute Gasteiger partial charge is 0.462 e. The third-order valence-corrected chi connectivity index (χ3v) is 2.89. The Balaban J connectivity index is 1.97. The second-order valence-corrected chi connectivity index (χ2v) is 4.25. The highest BCUT2D eigenvalue weighted by atomic mass is 19.1. The van der Waals surface area contributed by atoms with Crippen LogP contribution in [0.3, 0.4) is 0 Å². The molecule has 0 fully saturated rings. The van der Waals surface area contributed by atoms with Crippen LogP contribution in [0.5, 0.6) is 5.75 Å². The smallest absolute Gasteiger partial charge is 0.259 e. The summed E-state index contributed by atoms with van der Waals surface area (Å²) in [6.07, 6.45) is 1.34. The molecule has 0 unspecified atom stereocenters. The average molecular weight is 273 g/mol. The molecule has 2 aromatic carbocycles. The van der Waals surface area contributed by atoms with Crippen molar-refractivity contribution in [1.82, 2.24) is 5.32 Å². The van der Waals surface area contributed by atoms with E-state index in [0.717, 1.165) is 6.07 Å². The summed E-state index contributed by atoms with van der Waals surface area (Å²) in [6.45, 7) is 0. The summed E-state index contributed by atoms with van der Waals surface area (Å²) in [5, 5.41) is 2.61. The monoisotopic (exact) mass is 273 g/mol. The third kappa shape index (κ3) is 2.25. The van der Waals surface area contributed by atoms with Gasteiger partial charge in [-0.1, -0.05) is 0 Å². The van der Waals surface area contributed by atoms with Gasteiger partial charge in [0.15, 0.2) is 0 Å². The number of amides is 1. The van der Waals surface area contributed by atoms with Gasteiger partial charge in [-0.25, -0.2) is 8.78 Å². The predicted molar refractivity (Wildman–Crippen MR) is 68.9 cm³/mol. The maximum absolute atomic E-state index is 13.2. The molecule has 0 atom stereocenters. The molecule has 3 rings (SSSR count). The number of fused-ring (bicyclic) bond motifs is 1. The SMILES string of the molecule is O=C1NC(c2ccc(F)cc2)=COc2ccc(F)cc21. The molecule has 1 aliphatic heterocycles. The number of carbonyl (C=O) groups excluding carboxylic acids is 1. The van der Waals surface area contributed by atoms with E-state index in [1.54, 1.807) is 0 Å². The minimum absolute atomic E-state index is 0.110. The lowest BCUT2D eigenvalue weighted by atomic mass is 10.1. The fraction of sp³-hybridized carbons (Fsp3) is 0. The summed E-state index contributed by atoms with van der Waals surface area (Å²) < 4.78 is 31.4. The van der Waals surface area contributed by atoms with Gasteiger partial charge in [0, 0.05) is 5.56 Å². The summed E-state index contributed by atoms with van der Waals surface area (Å²) in [4.78, 5) is 12.0. The van der Waals surface area contributed by atoms with Gasteiger partial charge in [0.1, 0.15) is 23.6 Å². The van der Waals surface area contributed by atoms with Crippen LogP contribution in [0, 0.1) is 11.6 Å². The molecular weight excluding hydrogens is 264 g/mol. The first-order valence-corrected chi connectivity index (χ1v) is 5.87. The zero-order valence-corrected chi connectivity index (χ0v) is 10.2. The van der Waals surface area contributed by atoms with E-state index in [2.05, 4.69) is 5.32 Å². The molecule has 0 aromatic heterocycles. The van der Waals surface area contributed by atoms with Crippen molar-refractivity contribution >= 4 is 11.6 Å². The molecular formula is C15H9F2NO2. The van der Waals surface area contributed by atoms with Crippen LogP contribution in [0.25, 0.3) is 5.70 Å². The number of carbonyl (C=O) groups is 1. The lowest BCUT2D eigenvalue weighted by molar-refractivity contribution is 0.0973. The number of nitrogens with one attached hydrogen (secondary N) is 1. The highest BCUT2D eigenvalue weighted by molar-refractivity contribution is 6.02. The molecule has 1 heterocycles. The third-order valence-electron chi connectivity index (χ3n) is 2.89. The molecule has 0 saturated heterocycles. The Bertz CT molecular complexity index is 708. The summed E-state index contributed by atoms with van der Waals surface area (Å²) >= 11 is 0. The predicted octanol–water partition coefficient (Wildman–Crippen LogP) is 3.09. The molecule has 5 heteroatoms. The summed E-state index contributed by atoms with van der Waals surface area (Å²) in [5.74, 6) is -1.11. The van der Waals surface area contributed by atoms with Gasteiger partial charge in [-0.15, -0.1) is 0 Å². The van der Waals surface area contributed by atoms with E-state index in [0.29, 0.717) is 11.3 Å². The van der Waals surface area contributed by atoms with Crippen molar-refractivity contribution < 1.29 is 18.3 Å². The van der Waals surface area contributed by atoms with Gasteiger partial charge in [-0.2, -0.15) is 0 Å². The van der Waals surface area contributed by atoms with Gasteiger partial charge in [0.25, 0.3) is 5.91 Å². The van der Waals surface area contributed by atoms with Gasteiger partial charge in [0.2, 0.25) is 0 Å². The second kappa shape index (κ2) is 4.77. The fourth-order valence-electron chi connectivity index (χ4n) is 1.89. The Hall–Kier alpha value is -2.69. The molecule has 0 spiro atoms. The summed E-state index contributed by atoms with van der Waals surface area (Å²) in [6, 6.07) is 9.28. The van der Waals surface area contributed by atoms with Crippen LogP contribution < -0.4 is 10.1 Å².